The maximum absolute atomic E-state index is 12.8. The highest BCUT2D eigenvalue weighted by Gasteiger charge is 2.30. The van der Waals surface area contributed by atoms with E-state index in [0.717, 1.165) is 63.4 Å². The van der Waals surface area contributed by atoms with Crippen LogP contribution >= 0.6 is 0 Å². The van der Waals surface area contributed by atoms with Gasteiger partial charge in [0, 0.05) is 44.8 Å². The van der Waals surface area contributed by atoms with Crippen LogP contribution in [0.5, 0.6) is 5.75 Å². The third kappa shape index (κ3) is 8.46. The van der Waals surface area contributed by atoms with Gasteiger partial charge in [-0.1, -0.05) is 19.4 Å². The number of carbonyl (C=O) groups excluding carboxylic acids is 1. The average Bonchev–Trinajstić information content (AvgIpc) is 2.91. The molecule has 1 heterocycles. The summed E-state index contributed by atoms with van der Waals surface area (Å²) in [5.41, 5.74) is 3.31. The van der Waals surface area contributed by atoms with E-state index >= 15 is 0 Å². The first kappa shape index (κ1) is 30.0. The summed E-state index contributed by atoms with van der Waals surface area (Å²) in [6, 6.07) is 8.72. The number of ether oxygens (including phenoxy) is 1. The molecule has 1 aliphatic heterocycles. The summed E-state index contributed by atoms with van der Waals surface area (Å²) in [4.78, 5) is 19.2. The van der Waals surface area contributed by atoms with Gasteiger partial charge in [0.2, 0.25) is 0 Å². The molecule has 210 valence electrons. The number of hydrogen-bond donors (Lipinski definition) is 0. The van der Waals surface area contributed by atoms with Gasteiger partial charge in [0.05, 0.1) is 12.2 Å². The lowest BCUT2D eigenvalue weighted by atomic mass is 9.99. The summed E-state index contributed by atoms with van der Waals surface area (Å²) in [6.45, 7) is 12.9. The first-order valence-corrected chi connectivity index (χ1v) is 13.7. The van der Waals surface area contributed by atoms with Gasteiger partial charge in [-0.2, -0.15) is 13.2 Å². The number of halogens is 3. The number of benzene rings is 2. The smallest absolute Gasteiger partial charge is 0.416 e. The zero-order valence-electron chi connectivity index (χ0n) is 23.2. The summed E-state index contributed by atoms with van der Waals surface area (Å²) in [5.74, 6) is 0.742. The van der Waals surface area contributed by atoms with E-state index in [9.17, 15) is 18.0 Å². The third-order valence-corrected chi connectivity index (χ3v) is 7.50. The molecule has 1 aliphatic rings. The molecule has 3 rings (SSSR count). The Morgan fingerprint density at radius 2 is 1.61 bits per heavy atom. The number of alkyl halides is 3. The van der Waals surface area contributed by atoms with Crippen molar-refractivity contribution in [3.05, 3.63) is 64.2 Å². The number of piperazine rings is 1. The van der Waals surface area contributed by atoms with Crippen LogP contribution in [0.25, 0.3) is 0 Å². The van der Waals surface area contributed by atoms with Crippen molar-refractivity contribution in [2.45, 2.75) is 52.6 Å². The highest BCUT2D eigenvalue weighted by atomic mass is 19.4. The summed E-state index contributed by atoms with van der Waals surface area (Å²) in [7, 11) is 2.16. The summed E-state index contributed by atoms with van der Waals surface area (Å²) < 4.78 is 44.5. The molecule has 5 nitrogen and oxygen atoms in total. The fourth-order valence-corrected chi connectivity index (χ4v) is 4.77. The molecule has 0 N–H and O–H groups in total. The summed E-state index contributed by atoms with van der Waals surface area (Å²) in [5, 5.41) is 0. The molecule has 2 aromatic rings. The zero-order chi connectivity index (χ0) is 27.7. The van der Waals surface area contributed by atoms with Gasteiger partial charge in [-0.15, -0.1) is 0 Å². The van der Waals surface area contributed by atoms with Crippen LogP contribution in [-0.4, -0.2) is 80.1 Å². The van der Waals surface area contributed by atoms with Crippen LogP contribution in [0.3, 0.4) is 0 Å². The lowest BCUT2D eigenvalue weighted by Crippen LogP contribution is -2.49. The minimum absolute atomic E-state index is 0.215. The molecule has 2 aromatic carbocycles. The maximum atomic E-state index is 12.8. The molecule has 0 spiro atoms. The SMILES string of the molecule is CCCCN(C)CCCOc1ccc(CCN2CCN(C(=O)c3ccc(C(F)(F)F)cc3)CC2)c(C)c1C. The molecule has 0 aromatic heterocycles. The highest BCUT2D eigenvalue weighted by molar-refractivity contribution is 5.94. The molecule has 0 radical (unpaired) electrons. The third-order valence-electron chi connectivity index (χ3n) is 7.50. The average molecular weight is 534 g/mol. The van der Waals surface area contributed by atoms with E-state index in [1.165, 1.54) is 41.7 Å². The fourth-order valence-electron chi connectivity index (χ4n) is 4.77. The second kappa shape index (κ2) is 14.0. The van der Waals surface area contributed by atoms with E-state index in [2.05, 4.69) is 49.8 Å². The first-order chi connectivity index (χ1) is 18.1. The zero-order valence-corrected chi connectivity index (χ0v) is 23.2. The Morgan fingerprint density at radius 3 is 2.24 bits per heavy atom. The number of nitrogens with zero attached hydrogens (tertiary/aromatic N) is 3. The Bertz CT molecular complexity index is 1030. The molecule has 1 saturated heterocycles. The maximum Gasteiger partial charge on any atom is 0.416 e. The molecule has 0 unspecified atom stereocenters. The molecule has 38 heavy (non-hydrogen) atoms. The summed E-state index contributed by atoms with van der Waals surface area (Å²) >= 11 is 0. The molecule has 0 atom stereocenters. The van der Waals surface area contributed by atoms with Gasteiger partial charge >= 0.3 is 6.18 Å². The van der Waals surface area contributed by atoms with Crippen molar-refractivity contribution in [3.63, 3.8) is 0 Å². The Labute approximate surface area is 225 Å². The van der Waals surface area contributed by atoms with Crippen LogP contribution in [0, 0.1) is 13.8 Å². The molecular weight excluding hydrogens is 491 g/mol. The van der Waals surface area contributed by atoms with Crippen molar-refractivity contribution < 1.29 is 22.7 Å². The lowest BCUT2D eigenvalue weighted by molar-refractivity contribution is -0.137. The Morgan fingerprint density at radius 1 is 0.947 bits per heavy atom. The summed E-state index contributed by atoms with van der Waals surface area (Å²) in [6.07, 6.45) is -0.0286. The lowest BCUT2D eigenvalue weighted by Gasteiger charge is -2.35. The first-order valence-electron chi connectivity index (χ1n) is 13.7. The van der Waals surface area contributed by atoms with E-state index in [1.54, 1.807) is 4.90 Å². The number of carbonyl (C=O) groups is 1. The van der Waals surface area contributed by atoms with Gasteiger partial charge in [-0.3, -0.25) is 9.69 Å². The minimum atomic E-state index is -4.40. The van der Waals surface area contributed by atoms with E-state index < -0.39 is 11.7 Å². The van der Waals surface area contributed by atoms with Crippen molar-refractivity contribution >= 4 is 5.91 Å². The Balaban J connectivity index is 1.43. The van der Waals surface area contributed by atoms with E-state index in [1.807, 2.05) is 0 Å². The van der Waals surface area contributed by atoms with Crippen molar-refractivity contribution in [3.8, 4) is 5.75 Å². The molecule has 0 saturated carbocycles. The normalized spacial score (nSPS) is 14.8. The molecule has 1 amide bonds. The van der Waals surface area contributed by atoms with Crippen LogP contribution in [0.15, 0.2) is 36.4 Å². The molecule has 1 fully saturated rings. The van der Waals surface area contributed by atoms with Crippen LogP contribution in [0.2, 0.25) is 0 Å². The van der Waals surface area contributed by atoms with Gasteiger partial charge in [0.15, 0.2) is 0 Å². The van der Waals surface area contributed by atoms with Gasteiger partial charge in [-0.05, 0) is 93.7 Å². The predicted molar refractivity (Wildman–Crippen MR) is 146 cm³/mol. The van der Waals surface area contributed by atoms with Crippen LogP contribution in [0.1, 0.15) is 58.8 Å². The minimum Gasteiger partial charge on any atom is -0.493 e. The second-order valence-corrected chi connectivity index (χ2v) is 10.3. The Hall–Kier alpha value is -2.58. The molecule has 0 aliphatic carbocycles. The van der Waals surface area contributed by atoms with Gasteiger partial charge < -0.3 is 14.5 Å². The van der Waals surface area contributed by atoms with Gasteiger partial charge in [0.1, 0.15) is 5.75 Å². The van der Waals surface area contributed by atoms with Crippen molar-refractivity contribution in [2.24, 2.45) is 0 Å². The topological polar surface area (TPSA) is 36.0 Å². The van der Waals surface area contributed by atoms with Crippen LogP contribution in [0.4, 0.5) is 13.2 Å². The quantitative estimate of drug-likeness (QED) is 0.322. The Kier molecular flexibility index (Phi) is 11.0. The second-order valence-electron chi connectivity index (χ2n) is 10.3. The molecule has 8 heteroatoms. The van der Waals surface area contributed by atoms with Crippen molar-refractivity contribution in [1.82, 2.24) is 14.7 Å². The monoisotopic (exact) mass is 533 g/mol. The van der Waals surface area contributed by atoms with Crippen molar-refractivity contribution in [2.75, 3.05) is 59.5 Å². The standard InChI is InChI=1S/C30H42F3N3O2/c1-5-6-15-34(4)16-7-22-38-28-13-10-25(23(2)24(28)3)14-17-35-18-20-36(21-19-35)29(37)26-8-11-27(12-9-26)30(31,32)33/h8-13H,5-7,14-22H2,1-4H3. The van der Waals surface area contributed by atoms with Crippen molar-refractivity contribution in [1.29, 1.82) is 0 Å². The largest absolute Gasteiger partial charge is 0.493 e. The highest BCUT2D eigenvalue weighted by Crippen LogP contribution is 2.29. The number of hydrogen-bond acceptors (Lipinski definition) is 4. The van der Waals surface area contributed by atoms with E-state index in [0.29, 0.717) is 25.3 Å². The van der Waals surface area contributed by atoms with Crippen LogP contribution in [-0.2, 0) is 12.6 Å². The van der Waals surface area contributed by atoms with Gasteiger partial charge in [0.25, 0.3) is 5.91 Å². The number of rotatable bonds is 12. The van der Waals surface area contributed by atoms with Gasteiger partial charge in [-0.25, -0.2) is 0 Å². The van der Waals surface area contributed by atoms with E-state index in [-0.39, 0.29) is 5.91 Å². The number of unbranched alkanes of at least 4 members (excludes halogenated alkanes) is 1. The van der Waals surface area contributed by atoms with E-state index in [4.69, 9.17) is 4.74 Å². The number of amides is 1. The fraction of sp³-hybridized carbons (Fsp3) is 0.567. The molecule has 0 bridgehead atoms. The molecular formula is C30H42F3N3O2. The van der Waals surface area contributed by atoms with Crippen LogP contribution < -0.4 is 4.74 Å². The predicted octanol–water partition coefficient (Wildman–Crippen LogP) is 5.82.